The van der Waals surface area contributed by atoms with E-state index < -0.39 is 0 Å². The van der Waals surface area contributed by atoms with Gasteiger partial charge >= 0.3 is 0 Å². The molecule has 2 heteroatoms. The first kappa shape index (κ1) is 27.7. The Kier molecular flexibility index (Phi) is 7.33. The summed E-state index contributed by atoms with van der Waals surface area (Å²) in [6.07, 6.45) is 0. The van der Waals surface area contributed by atoms with E-state index in [1.165, 1.54) is 72.6 Å². The van der Waals surface area contributed by atoms with Crippen molar-refractivity contribution in [3.63, 3.8) is 0 Å². The molecule has 0 aliphatic carbocycles. The van der Waals surface area contributed by atoms with Crippen LogP contribution in [-0.4, -0.2) is 4.57 Å². The second kappa shape index (κ2) is 11.1. The predicted octanol–water partition coefficient (Wildman–Crippen LogP) is 10.3. The van der Waals surface area contributed by atoms with Gasteiger partial charge in [0.05, 0.1) is 12.6 Å². The van der Waals surface area contributed by atoms with Crippen LogP contribution in [0.25, 0.3) is 50.4 Å². The summed E-state index contributed by atoms with van der Waals surface area (Å²) in [5.74, 6) is 1.91. The summed E-state index contributed by atoms with van der Waals surface area (Å²) in [5.41, 5.74) is 15.3. The van der Waals surface area contributed by atoms with E-state index in [0.29, 0.717) is 11.8 Å². The minimum atomic E-state index is 0.346. The molecule has 42 heavy (non-hydrogen) atoms. The average Bonchev–Trinajstić information content (AvgIpc) is 3.29. The molecule has 0 atom stereocenters. The smallest absolute Gasteiger partial charge is 0.225 e. The van der Waals surface area contributed by atoms with Gasteiger partial charge in [-0.15, -0.1) is 0 Å². The molecule has 0 N–H and O–H groups in total. The summed E-state index contributed by atoms with van der Waals surface area (Å²) in [6.45, 7) is 13.7. The molecule has 0 saturated carbocycles. The lowest BCUT2D eigenvalue weighted by atomic mass is 9.88. The second-order valence-corrected chi connectivity index (χ2v) is 12.3. The molecule has 6 aromatic rings. The maximum Gasteiger partial charge on any atom is 0.295 e. The van der Waals surface area contributed by atoms with Gasteiger partial charge in [-0.2, -0.15) is 4.57 Å². The van der Waals surface area contributed by atoms with E-state index in [1.54, 1.807) is 0 Å². The van der Waals surface area contributed by atoms with Crippen molar-refractivity contribution in [1.82, 2.24) is 4.57 Å². The highest BCUT2D eigenvalue weighted by Crippen LogP contribution is 2.37. The molecule has 1 heterocycles. The summed E-state index contributed by atoms with van der Waals surface area (Å²) >= 11 is 0. The number of benzene rings is 5. The molecule has 0 aliphatic rings. The molecule has 0 radical (unpaired) electrons. The van der Waals surface area contributed by atoms with Crippen molar-refractivity contribution in [2.75, 3.05) is 0 Å². The Morgan fingerprint density at radius 1 is 0.571 bits per heavy atom. The summed E-state index contributed by atoms with van der Waals surface area (Å²) in [4.78, 5) is 0. The van der Waals surface area contributed by atoms with Crippen molar-refractivity contribution in [1.29, 1.82) is 0 Å². The third-order valence-electron chi connectivity index (χ3n) is 8.59. The molecular formula is C40H41N2+. The Labute approximate surface area is 250 Å². The standard InChI is InChI=1S/C40H41N2/c1-26(2)34-23-33(31-16-12-9-13-17-31)24-35(27(3)4)39(34)42-37-21-20-32(30-14-10-8-11-15-30)25-38(37)41(7)40(42)36-22-28(5)18-19-29(36)6/h8-27H,1-7H3/q+1. The number of hydrogen-bond acceptors (Lipinski definition) is 0. The van der Waals surface area contributed by atoms with Crippen LogP contribution in [0, 0.1) is 13.8 Å². The topological polar surface area (TPSA) is 8.81 Å². The van der Waals surface area contributed by atoms with E-state index in [2.05, 4.69) is 167 Å². The van der Waals surface area contributed by atoms with Crippen LogP contribution in [0.5, 0.6) is 0 Å². The van der Waals surface area contributed by atoms with Gasteiger partial charge in [-0.1, -0.05) is 106 Å². The number of imidazole rings is 1. The maximum absolute atomic E-state index is 2.56. The van der Waals surface area contributed by atoms with Gasteiger partial charge in [0.1, 0.15) is 5.69 Å². The SMILES string of the molecule is Cc1ccc(C)c(-c2n(C)c3cc(-c4ccccc4)ccc3[n+]2-c2c(C(C)C)cc(-c3ccccc3)cc2C(C)C)c1. The first-order valence-corrected chi connectivity index (χ1v) is 15.2. The summed E-state index contributed by atoms with van der Waals surface area (Å²) in [6, 6.07) is 40.2. The minimum absolute atomic E-state index is 0.346. The van der Waals surface area contributed by atoms with Gasteiger partial charge in [0.25, 0.3) is 5.82 Å². The molecule has 0 fully saturated rings. The van der Waals surface area contributed by atoms with Gasteiger partial charge in [0.15, 0.2) is 11.0 Å². The molecule has 0 aliphatic heterocycles. The monoisotopic (exact) mass is 549 g/mol. The lowest BCUT2D eigenvalue weighted by molar-refractivity contribution is -0.557. The van der Waals surface area contributed by atoms with Gasteiger partial charge in [0.2, 0.25) is 0 Å². The Morgan fingerprint density at radius 2 is 1.14 bits per heavy atom. The van der Waals surface area contributed by atoms with E-state index in [1.807, 2.05) is 0 Å². The van der Waals surface area contributed by atoms with Crippen molar-refractivity contribution >= 4 is 11.0 Å². The van der Waals surface area contributed by atoms with Crippen LogP contribution in [0.3, 0.4) is 0 Å². The van der Waals surface area contributed by atoms with E-state index in [9.17, 15) is 0 Å². The molecule has 210 valence electrons. The van der Waals surface area contributed by atoms with Crippen molar-refractivity contribution in [2.45, 2.75) is 53.4 Å². The predicted molar refractivity (Wildman–Crippen MR) is 178 cm³/mol. The Balaban J connectivity index is 1.75. The van der Waals surface area contributed by atoms with Crippen molar-refractivity contribution in [2.24, 2.45) is 7.05 Å². The van der Waals surface area contributed by atoms with Crippen molar-refractivity contribution in [3.05, 3.63) is 131 Å². The Bertz CT molecular complexity index is 1860. The third-order valence-corrected chi connectivity index (χ3v) is 8.59. The lowest BCUT2D eigenvalue weighted by Gasteiger charge is -2.21. The van der Waals surface area contributed by atoms with E-state index >= 15 is 0 Å². The largest absolute Gasteiger partial charge is 0.295 e. The van der Waals surface area contributed by atoms with E-state index in [0.717, 1.165) is 0 Å². The number of fused-ring (bicyclic) bond motifs is 1. The first-order valence-electron chi connectivity index (χ1n) is 15.2. The van der Waals surface area contributed by atoms with Crippen LogP contribution >= 0.6 is 0 Å². The van der Waals surface area contributed by atoms with Crippen LogP contribution in [0.1, 0.15) is 61.8 Å². The average molecular weight is 550 g/mol. The molecule has 0 unspecified atom stereocenters. The van der Waals surface area contributed by atoms with Crippen LogP contribution in [0.2, 0.25) is 0 Å². The molecule has 5 aromatic carbocycles. The van der Waals surface area contributed by atoms with E-state index in [-0.39, 0.29) is 0 Å². The summed E-state index contributed by atoms with van der Waals surface area (Å²) in [5, 5.41) is 0. The number of hydrogen-bond donors (Lipinski definition) is 0. The zero-order valence-corrected chi connectivity index (χ0v) is 25.9. The van der Waals surface area contributed by atoms with Crippen molar-refractivity contribution in [3.8, 4) is 39.3 Å². The van der Waals surface area contributed by atoms with Gasteiger partial charge < -0.3 is 0 Å². The van der Waals surface area contributed by atoms with Gasteiger partial charge in [-0.3, -0.25) is 0 Å². The number of nitrogens with zero attached hydrogens (tertiary/aromatic N) is 2. The lowest BCUT2D eigenvalue weighted by Crippen LogP contribution is -2.36. The normalized spacial score (nSPS) is 11.6. The van der Waals surface area contributed by atoms with Crippen molar-refractivity contribution < 1.29 is 4.57 Å². The maximum atomic E-state index is 2.56. The van der Waals surface area contributed by atoms with Crippen LogP contribution < -0.4 is 4.57 Å². The van der Waals surface area contributed by atoms with Crippen LogP contribution in [0.4, 0.5) is 0 Å². The van der Waals surface area contributed by atoms with Crippen LogP contribution in [0.15, 0.2) is 109 Å². The number of aromatic nitrogens is 2. The van der Waals surface area contributed by atoms with Gasteiger partial charge in [0, 0.05) is 11.1 Å². The molecule has 0 saturated heterocycles. The quantitative estimate of drug-likeness (QED) is 0.183. The minimum Gasteiger partial charge on any atom is -0.225 e. The summed E-state index contributed by atoms with van der Waals surface area (Å²) in [7, 11) is 2.23. The molecule has 0 spiro atoms. The van der Waals surface area contributed by atoms with Gasteiger partial charge in [-0.05, 0) is 89.9 Å². The Morgan fingerprint density at radius 3 is 1.71 bits per heavy atom. The molecule has 2 nitrogen and oxygen atoms in total. The second-order valence-electron chi connectivity index (χ2n) is 12.3. The highest BCUT2D eigenvalue weighted by atomic mass is 15.2. The molecule has 0 bridgehead atoms. The molecular weight excluding hydrogens is 508 g/mol. The summed E-state index contributed by atoms with van der Waals surface area (Å²) < 4.78 is 4.97. The van der Waals surface area contributed by atoms with Crippen LogP contribution in [-0.2, 0) is 7.05 Å². The fraction of sp³-hybridized carbons (Fsp3) is 0.225. The fourth-order valence-electron chi connectivity index (χ4n) is 6.29. The number of aryl methyl sites for hydroxylation is 3. The fourth-order valence-corrected chi connectivity index (χ4v) is 6.29. The first-order chi connectivity index (χ1) is 20.2. The third kappa shape index (κ3) is 4.86. The van der Waals surface area contributed by atoms with Gasteiger partial charge in [-0.25, -0.2) is 4.57 Å². The zero-order valence-electron chi connectivity index (χ0n) is 25.9. The molecule has 1 aromatic heterocycles. The number of rotatable bonds is 6. The Hall–Kier alpha value is -4.43. The molecule has 6 rings (SSSR count). The highest BCUT2D eigenvalue weighted by Gasteiger charge is 2.32. The zero-order chi connectivity index (χ0) is 29.5. The van der Waals surface area contributed by atoms with E-state index in [4.69, 9.17) is 0 Å². The highest BCUT2D eigenvalue weighted by molar-refractivity contribution is 5.84. The molecule has 0 amide bonds.